The number of hydrogen-bond donors (Lipinski definition) is 0. The number of rotatable bonds is 4. The van der Waals surface area contributed by atoms with Crippen LogP contribution in [0.1, 0.15) is 10.8 Å². The van der Waals surface area contributed by atoms with E-state index in [2.05, 4.69) is 20.0 Å². The fourth-order valence-corrected chi connectivity index (χ4v) is 3.68. The van der Waals surface area contributed by atoms with Crippen LogP contribution in [0.2, 0.25) is 0 Å². The molecule has 0 aliphatic carbocycles. The molecule has 1 aliphatic rings. The third-order valence-corrected chi connectivity index (χ3v) is 5.27. The predicted molar refractivity (Wildman–Crippen MR) is 99.1 cm³/mol. The van der Waals surface area contributed by atoms with Crippen molar-refractivity contribution in [3.63, 3.8) is 0 Å². The predicted octanol–water partition coefficient (Wildman–Crippen LogP) is 2.39. The zero-order valence-corrected chi connectivity index (χ0v) is 15.3. The second-order valence-electron chi connectivity index (χ2n) is 6.17. The van der Waals surface area contributed by atoms with Gasteiger partial charge < -0.3 is 14.3 Å². The summed E-state index contributed by atoms with van der Waals surface area (Å²) >= 11 is 1.63. The normalized spacial score (nSPS) is 14.7. The van der Waals surface area contributed by atoms with E-state index in [-0.39, 0.29) is 5.91 Å². The van der Waals surface area contributed by atoms with Crippen LogP contribution in [-0.4, -0.2) is 52.1 Å². The van der Waals surface area contributed by atoms with Gasteiger partial charge in [0, 0.05) is 49.7 Å². The number of piperazine rings is 1. The zero-order valence-electron chi connectivity index (χ0n) is 14.5. The van der Waals surface area contributed by atoms with Gasteiger partial charge in [0.05, 0.1) is 6.42 Å². The van der Waals surface area contributed by atoms with Crippen LogP contribution >= 0.6 is 11.3 Å². The molecule has 26 heavy (non-hydrogen) atoms. The molecule has 1 fully saturated rings. The minimum Gasteiger partial charge on any atom is -0.353 e. The Balaban J connectivity index is 1.35. The van der Waals surface area contributed by atoms with Crippen LogP contribution < -0.4 is 4.90 Å². The summed E-state index contributed by atoms with van der Waals surface area (Å²) in [5.74, 6) is 2.18. The van der Waals surface area contributed by atoms with Crippen molar-refractivity contribution in [2.75, 3.05) is 31.1 Å². The number of aromatic nitrogens is 3. The summed E-state index contributed by atoms with van der Waals surface area (Å²) in [7, 11) is 0. The Morgan fingerprint density at radius 3 is 2.69 bits per heavy atom. The summed E-state index contributed by atoms with van der Waals surface area (Å²) in [6.07, 6.45) is 2.25. The Kier molecular flexibility index (Phi) is 4.66. The highest BCUT2D eigenvalue weighted by Gasteiger charge is 2.22. The molecule has 4 rings (SSSR count). The van der Waals surface area contributed by atoms with Crippen molar-refractivity contribution in [3.05, 3.63) is 46.6 Å². The number of nitrogens with zero attached hydrogens (tertiary/aromatic N) is 5. The molecule has 3 aromatic heterocycles. The van der Waals surface area contributed by atoms with Gasteiger partial charge in [0.2, 0.25) is 17.6 Å². The second-order valence-corrected chi connectivity index (χ2v) is 7.20. The van der Waals surface area contributed by atoms with Crippen LogP contribution in [0.15, 0.2) is 40.4 Å². The Morgan fingerprint density at radius 1 is 1.23 bits per heavy atom. The number of carbonyl (C=O) groups is 1. The van der Waals surface area contributed by atoms with E-state index >= 15 is 0 Å². The van der Waals surface area contributed by atoms with Crippen LogP contribution in [-0.2, 0) is 11.2 Å². The quantitative estimate of drug-likeness (QED) is 0.703. The maximum atomic E-state index is 12.4. The van der Waals surface area contributed by atoms with Gasteiger partial charge in [-0.3, -0.25) is 4.79 Å². The molecule has 0 saturated carbocycles. The van der Waals surface area contributed by atoms with Gasteiger partial charge in [-0.25, -0.2) is 4.98 Å². The molecule has 0 spiro atoms. The Morgan fingerprint density at radius 2 is 2.08 bits per heavy atom. The minimum atomic E-state index is 0.197. The first kappa shape index (κ1) is 16.7. The smallest absolute Gasteiger partial charge is 0.227 e. The molecule has 1 saturated heterocycles. The number of pyridine rings is 1. The van der Waals surface area contributed by atoms with Crippen LogP contribution in [0.4, 0.5) is 5.82 Å². The highest BCUT2D eigenvalue weighted by atomic mass is 32.1. The van der Waals surface area contributed by atoms with Gasteiger partial charge in [0.25, 0.3) is 0 Å². The third-order valence-electron chi connectivity index (χ3n) is 4.40. The molecule has 134 valence electrons. The summed E-state index contributed by atoms with van der Waals surface area (Å²) in [5.41, 5.74) is 0.829. The van der Waals surface area contributed by atoms with Crippen LogP contribution in [0.5, 0.6) is 0 Å². The topological polar surface area (TPSA) is 75.4 Å². The maximum absolute atomic E-state index is 12.4. The van der Waals surface area contributed by atoms with E-state index in [9.17, 15) is 4.79 Å². The molecule has 0 radical (unpaired) electrons. The summed E-state index contributed by atoms with van der Waals surface area (Å²) in [6.45, 7) is 4.76. The zero-order chi connectivity index (χ0) is 17.9. The molecule has 0 N–H and O–H groups in total. The van der Waals surface area contributed by atoms with Gasteiger partial charge in [0.1, 0.15) is 5.82 Å². The lowest BCUT2D eigenvalue weighted by Crippen LogP contribution is -2.49. The summed E-state index contributed by atoms with van der Waals surface area (Å²) in [6, 6.07) is 7.90. The molecule has 0 atom stereocenters. The largest absolute Gasteiger partial charge is 0.353 e. The van der Waals surface area contributed by atoms with Gasteiger partial charge in [-0.1, -0.05) is 11.2 Å². The summed E-state index contributed by atoms with van der Waals surface area (Å²) in [5, 5.41) is 5.91. The van der Waals surface area contributed by atoms with E-state index in [4.69, 9.17) is 4.52 Å². The van der Waals surface area contributed by atoms with Crippen LogP contribution in [0.25, 0.3) is 11.4 Å². The SMILES string of the molecule is Cc1nc(-c2ccc(N3CCN(C(=O)Cc4cccs4)CC3)nc2)no1. The standard InChI is InChI=1S/C18H19N5O2S/c1-13-20-18(21-25-13)14-4-5-16(19-12-14)22-6-8-23(9-7-22)17(24)11-15-3-2-10-26-15/h2-5,10,12H,6-9,11H2,1H3. The highest BCUT2D eigenvalue weighted by molar-refractivity contribution is 7.10. The van der Waals surface area contributed by atoms with Crippen molar-refractivity contribution in [2.24, 2.45) is 0 Å². The molecule has 8 heteroatoms. The molecule has 3 aromatic rings. The van der Waals surface area contributed by atoms with Crippen molar-refractivity contribution in [1.29, 1.82) is 0 Å². The molecule has 1 amide bonds. The van der Waals surface area contributed by atoms with Gasteiger partial charge in [0.15, 0.2) is 0 Å². The Bertz CT molecular complexity index is 867. The molecule has 0 bridgehead atoms. The van der Waals surface area contributed by atoms with Gasteiger partial charge >= 0.3 is 0 Å². The minimum absolute atomic E-state index is 0.197. The molecular weight excluding hydrogens is 350 g/mol. The van der Waals surface area contributed by atoms with Crippen LogP contribution in [0, 0.1) is 6.92 Å². The third kappa shape index (κ3) is 3.60. The molecule has 7 nitrogen and oxygen atoms in total. The lowest BCUT2D eigenvalue weighted by Gasteiger charge is -2.35. The second kappa shape index (κ2) is 7.25. The number of hydrogen-bond acceptors (Lipinski definition) is 7. The van der Waals surface area contributed by atoms with E-state index in [1.165, 1.54) is 0 Å². The van der Waals surface area contributed by atoms with Gasteiger partial charge in [-0.15, -0.1) is 11.3 Å². The fourth-order valence-electron chi connectivity index (χ4n) is 2.98. The fraction of sp³-hybridized carbons (Fsp3) is 0.333. The number of aryl methyl sites for hydroxylation is 1. The van der Waals surface area contributed by atoms with Crippen molar-refractivity contribution < 1.29 is 9.32 Å². The Hall–Kier alpha value is -2.74. The number of thiophene rings is 1. The van der Waals surface area contributed by atoms with E-state index < -0.39 is 0 Å². The number of amides is 1. The first-order valence-electron chi connectivity index (χ1n) is 8.51. The van der Waals surface area contributed by atoms with E-state index in [0.29, 0.717) is 18.1 Å². The molecular formula is C18H19N5O2S. The average molecular weight is 369 g/mol. The average Bonchev–Trinajstić information content (AvgIpc) is 3.34. The Labute approximate surface area is 155 Å². The van der Waals surface area contributed by atoms with Crippen molar-refractivity contribution in [2.45, 2.75) is 13.3 Å². The first-order valence-corrected chi connectivity index (χ1v) is 9.39. The summed E-state index contributed by atoms with van der Waals surface area (Å²) in [4.78, 5) is 26.4. The lowest BCUT2D eigenvalue weighted by molar-refractivity contribution is -0.130. The molecule has 4 heterocycles. The van der Waals surface area contributed by atoms with E-state index in [1.54, 1.807) is 24.5 Å². The highest BCUT2D eigenvalue weighted by Crippen LogP contribution is 2.20. The lowest BCUT2D eigenvalue weighted by atomic mass is 10.2. The maximum Gasteiger partial charge on any atom is 0.227 e. The number of carbonyl (C=O) groups excluding carboxylic acids is 1. The van der Waals surface area contributed by atoms with Gasteiger partial charge in [-0.2, -0.15) is 4.98 Å². The molecule has 0 aromatic carbocycles. The van der Waals surface area contributed by atoms with Crippen molar-refractivity contribution in [1.82, 2.24) is 20.0 Å². The summed E-state index contributed by atoms with van der Waals surface area (Å²) < 4.78 is 5.00. The number of anilines is 1. The van der Waals surface area contributed by atoms with Crippen molar-refractivity contribution >= 4 is 23.1 Å². The molecule has 0 unspecified atom stereocenters. The first-order chi connectivity index (χ1) is 12.7. The molecule has 1 aliphatic heterocycles. The monoisotopic (exact) mass is 369 g/mol. The van der Waals surface area contributed by atoms with E-state index in [1.807, 2.05) is 34.5 Å². The van der Waals surface area contributed by atoms with Crippen LogP contribution in [0.3, 0.4) is 0 Å². The van der Waals surface area contributed by atoms with Gasteiger partial charge in [-0.05, 0) is 23.6 Å². The van der Waals surface area contributed by atoms with Crippen molar-refractivity contribution in [3.8, 4) is 11.4 Å². The van der Waals surface area contributed by atoms with E-state index in [0.717, 1.165) is 42.4 Å².